The lowest BCUT2D eigenvalue weighted by Crippen LogP contribution is -2.33. The molecule has 2 nitrogen and oxygen atoms in total. The van der Waals surface area contributed by atoms with Gasteiger partial charge in [-0.2, -0.15) is 0 Å². The lowest BCUT2D eigenvalue weighted by molar-refractivity contribution is 0.373. The molecule has 0 heterocycles. The first-order chi connectivity index (χ1) is 8.74. The van der Waals surface area contributed by atoms with Gasteiger partial charge in [0.05, 0.1) is 0 Å². The third-order valence-electron chi connectivity index (χ3n) is 3.01. The normalized spacial score (nSPS) is 11.9. The third kappa shape index (κ3) is 3.66. The average molecular weight is 244 g/mol. The highest BCUT2D eigenvalue weighted by Gasteiger charge is 2.11. The van der Waals surface area contributed by atoms with Gasteiger partial charge in [-0.1, -0.05) is 30.4 Å². The topological polar surface area (TPSA) is 6.48 Å². The van der Waals surface area contributed by atoms with Crippen molar-refractivity contribution in [1.29, 1.82) is 0 Å². The third-order valence-corrected chi connectivity index (χ3v) is 3.01. The number of hydrogen-bond donors (Lipinski definition) is 0. The fraction of sp³-hybridized carbons (Fsp3) is 0.375. The van der Waals surface area contributed by atoms with E-state index in [0.29, 0.717) is 0 Å². The summed E-state index contributed by atoms with van der Waals surface area (Å²) in [7, 11) is 2.11. The van der Waals surface area contributed by atoms with Crippen LogP contribution in [0, 0.1) is 0 Å². The van der Waals surface area contributed by atoms with Crippen molar-refractivity contribution < 1.29 is 0 Å². The fourth-order valence-electron chi connectivity index (χ4n) is 1.94. The summed E-state index contributed by atoms with van der Waals surface area (Å²) < 4.78 is 0. The predicted molar refractivity (Wildman–Crippen MR) is 80.7 cm³/mol. The lowest BCUT2D eigenvalue weighted by Gasteiger charge is -2.32. The summed E-state index contributed by atoms with van der Waals surface area (Å²) in [5, 5.41) is 0. The summed E-state index contributed by atoms with van der Waals surface area (Å²) in [6.07, 6.45) is 6.31. The standard InChI is InChI=1S/C16H24N2/c1-5-8-14-16(18(6-2)7-3)17(4)15-12-10-9-11-13-15/h5,8-14H,6-7H2,1-4H3/b8-5+,16-14+. The number of hydrogen-bond acceptors (Lipinski definition) is 2. The summed E-state index contributed by atoms with van der Waals surface area (Å²) >= 11 is 0. The quantitative estimate of drug-likeness (QED) is 0.701. The largest absolute Gasteiger partial charge is 0.359 e. The number of nitrogens with zero attached hydrogens (tertiary/aromatic N) is 2. The summed E-state index contributed by atoms with van der Waals surface area (Å²) in [6.45, 7) is 8.44. The predicted octanol–water partition coefficient (Wildman–Crippen LogP) is 3.88. The maximum Gasteiger partial charge on any atom is 0.108 e. The second-order valence-corrected chi connectivity index (χ2v) is 4.12. The van der Waals surface area contributed by atoms with Gasteiger partial charge in [-0.3, -0.25) is 0 Å². The monoisotopic (exact) mass is 244 g/mol. The summed E-state index contributed by atoms with van der Waals surface area (Å²) in [5.41, 5.74) is 1.21. The smallest absolute Gasteiger partial charge is 0.108 e. The van der Waals surface area contributed by atoms with Gasteiger partial charge in [0.25, 0.3) is 0 Å². The van der Waals surface area contributed by atoms with Crippen LogP contribution >= 0.6 is 0 Å². The molecule has 0 atom stereocenters. The Kier molecular flexibility index (Phi) is 6.06. The molecule has 0 saturated carbocycles. The fourth-order valence-corrected chi connectivity index (χ4v) is 1.94. The number of rotatable bonds is 6. The number of allylic oxidation sites excluding steroid dienone is 3. The molecule has 1 aromatic rings. The molecule has 0 aromatic heterocycles. The molecule has 0 aliphatic rings. The van der Waals surface area contributed by atoms with E-state index in [4.69, 9.17) is 0 Å². The van der Waals surface area contributed by atoms with Gasteiger partial charge < -0.3 is 9.80 Å². The van der Waals surface area contributed by atoms with Crippen molar-refractivity contribution in [2.45, 2.75) is 20.8 Å². The number of benzene rings is 1. The minimum Gasteiger partial charge on any atom is -0.359 e. The van der Waals surface area contributed by atoms with Crippen molar-refractivity contribution in [2.75, 3.05) is 25.0 Å². The van der Waals surface area contributed by atoms with Crippen LogP contribution in [-0.4, -0.2) is 25.0 Å². The highest BCUT2D eigenvalue weighted by molar-refractivity contribution is 5.51. The Morgan fingerprint density at radius 3 is 2.22 bits per heavy atom. The van der Waals surface area contributed by atoms with Gasteiger partial charge in [0, 0.05) is 25.8 Å². The van der Waals surface area contributed by atoms with Crippen LogP contribution in [0.2, 0.25) is 0 Å². The van der Waals surface area contributed by atoms with Crippen LogP contribution in [0.5, 0.6) is 0 Å². The minimum absolute atomic E-state index is 1.01. The van der Waals surface area contributed by atoms with E-state index < -0.39 is 0 Å². The molecule has 0 aliphatic heterocycles. The molecule has 98 valence electrons. The molecule has 0 N–H and O–H groups in total. The Morgan fingerprint density at radius 2 is 1.72 bits per heavy atom. The number of anilines is 1. The Morgan fingerprint density at radius 1 is 1.11 bits per heavy atom. The van der Waals surface area contributed by atoms with Gasteiger partial charge in [-0.05, 0) is 39.0 Å². The summed E-state index contributed by atoms with van der Waals surface area (Å²) in [5.74, 6) is 1.23. The Hall–Kier alpha value is -1.70. The first kappa shape index (κ1) is 14.4. The Bertz CT molecular complexity index is 389. The second-order valence-electron chi connectivity index (χ2n) is 4.12. The van der Waals surface area contributed by atoms with Gasteiger partial charge in [-0.25, -0.2) is 0 Å². The molecule has 1 aromatic carbocycles. The van der Waals surface area contributed by atoms with Crippen molar-refractivity contribution >= 4 is 5.69 Å². The first-order valence-electron chi connectivity index (χ1n) is 6.61. The Balaban J connectivity index is 3.03. The van der Waals surface area contributed by atoms with Crippen LogP contribution < -0.4 is 4.90 Å². The highest BCUT2D eigenvalue weighted by atomic mass is 15.3. The minimum atomic E-state index is 1.01. The zero-order valence-electron chi connectivity index (χ0n) is 11.9. The van der Waals surface area contributed by atoms with Crippen molar-refractivity contribution in [2.24, 2.45) is 0 Å². The molecular formula is C16H24N2. The van der Waals surface area contributed by atoms with Crippen LogP contribution in [0.25, 0.3) is 0 Å². The van der Waals surface area contributed by atoms with Gasteiger partial charge in [-0.15, -0.1) is 0 Å². The molecule has 0 spiro atoms. The molecule has 0 unspecified atom stereocenters. The van der Waals surface area contributed by atoms with E-state index >= 15 is 0 Å². The molecular weight excluding hydrogens is 220 g/mol. The van der Waals surface area contributed by atoms with Gasteiger partial charge >= 0.3 is 0 Å². The zero-order chi connectivity index (χ0) is 13.4. The van der Waals surface area contributed by atoms with Crippen molar-refractivity contribution in [3.63, 3.8) is 0 Å². The molecule has 0 fully saturated rings. The van der Waals surface area contributed by atoms with Crippen LogP contribution in [0.4, 0.5) is 5.69 Å². The summed E-state index contributed by atoms with van der Waals surface area (Å²) in [6, 6.07) is 10.5. The maximum atomic E-state index is 2.35. The van der Waals surface area contributed by atoms with E-state index in [-0.39, 0.29) is 0 Å². The van der Waals surface area contributed by atoms with Crippen molar-refractivity contribution in [3.8, 4) is 0 Å². The molecule has 0 aliphatic carbocycles. The van der Waals surface area contributed by atoms with Crippen LogP contribution in [0.1, 0.15) is 20.8 Å². The second kappa shape index (κ2) is 7.59. The molecule has 0 bridgehead atoms. The van der Waals surface area contributed by atoms with E-state index in [9.17, 15) is 0 Å². The first-order valence-corrected chi connectivity index (χ1v) is 6.61. The SMILES string of the molecule is C/C=C/C=C(/N(CC)CC)N(C)c1ccccc1. The van der Waals surface area contributed by atoms with Gasteiger partial charge in [0.2, 0.25) is 0 Å². The molecule has 0 amide bonds. The molecule has 1 rings (SSSR count). The highest BCUT2D eigenvalue weighted by Crippen LogP contribution is 2.19. The molecule has 0 saturated heterocycles. The van der Waals surface area contributed by atoms with Crippen LogP contribution in [0.3, 0.4) is 0 Å². The van der Waals surface area contributed by atoms with Crippen molar-refractivity contribution in [1.82, 2.24) is 4.90 Å². The van der Waals surface area contributed by atoms with E-state index in [2.05, 4.69) is 73.2 Å². The summed E-state index contributed by atoms with van der Waals surface area (Å²) in [4.78, 5) is 4.58. The van der Waals surface area contributed by atoms with Gasteiger partial charge in [0.1, 0.15) is 5.82 Å². The maximum absolute atomic E-state index is 2.35. The number of para-hydroxylation sites is 1. The average Bonchev–Trinajstić information content (AvgIpc) is 2.43. The van der Waals surface area contributed by atoms with Crippen LogP contribution in [-0.2, 0) is 0 Å². The Labute approximate surface area is 111 Å². The molecule has 18 heavy (non-hydrogen) atoms. The molecule has 2 heteroatoms. The van der Waals surface area contributed by atoms with Gasteiger partial charge in [0.15, 0.2) is 0 Å². The van der Waals surface area contributed by atoms with E-state index in [1.807, 2.05) is 13.0 Å². The van der Waals surface area contributed by atoms with E-state index in [0.717, 1.165) is 13.1 Å². The van der Waals surface area contributed by atoms with Crippen molar-refractivity contribution in [3.05, 3.63) is 54.4 Å². The zero-order valence-corrected chi connectivity index (χ0v) is 11.9. The molecule has 0 radical (unpaired) electrons. The van der Waals surface area contributed by atoms with Crippen LogP contribution in [0.15, 0.2) is 54.4 Å². The van der Waals surface area contributed by atoms with E-state index in [1.54, 1.807) is 0 Å². The van der Waals surface area contributed by atoms with E-state index in [1.165, 1.54) is 11.5 Å². The lowest BCUT2D eigenvalue weighted by atomic mass is 10.3.